The van der Waals surface area contributed by atoms with Crippen molar-refractivity contribution in [1.29, 1.82) is 0 Å². The van der Waals surface area contributed by atoms with Gasteiger partial charge in [-0.15, -0.1) is 0 Å². The number of fused-ring (bicyclic) bond motifs is 2. The molecule has 8 rings (SSSR count). The Morgan fingerprint density at radius 1 is 0.842 bits per heavy atom. The minimum absolute atomic E-state index is 0.0276. The van der Waals surface area contributed by atoms with Crippen LogP contribution in [0.2, 0.25) is 0 Å². The van der Waals surface area contributed by atoms with Crippen LogP contribution < -0.4 is 10.6 Å². The zero-order valence-corrected chi connectivity index (χ0v) is 22.7. The second kappa shape index (κ2) is 9.61. The van der Waals surface area contributed by atoms with Gasteiger partial charge in [-0.3, -0.25) is 0 Å². The van der Waals surface area contributed by atoms with Crippen LogP contribution in [0.1, 0.15) is 96.0 Å². The van der Waals surface area contributed by atoms with Crippen LogP contribution in [0.3, 0.4) is 0 Å². The summed E-state index contributed by atoms with van der Waals surface area (Å²) in [6.45, 7) is 7.52. The molecule has 0 saturated heterocycles. The van der Waals surface area contributed by atoms with Crippen LogP contribution in [0.5, 0.6) is 0 Å². The molecule has 4 aliphatic carbocycles. The molecule has 10 nitrogen and oxygen atoms in total. The Labute approximate surface area is 223 Å². The predicted octanol–water partition coefficient (Wildman–Crippen LogP) is 4.88. The van der Waals surface area contributed by atoms with Crippen molar-refractivity contribution in [2.75, 3.05) is 0 Å². The van der Waals surface area contributed by atoms with E-state index in [1.807, 2.05) is 37.7 Å². The highest BCUT2D eigenvalue weighted by molar-refractivity contribution is 5.69. The number of rotatable bonds is 3. The van der Waals surface area contributed by atoms with E-state index < -0.39 is 0 Å². The smallest absolute Gasteiger partial charge is 0.408 e. The van der Waals surface area contributed by atoms with E-state index in [9.17, 15) is 9.59 Å². The second-order valence-corrected chi connectivity index (χ2v) is 13.0. The van der Waals surface area contributed by atoms with E-state index in [0.29, 0.717) is 0 Å². The summed E-state index contributed by atoms with van der Waals surface area (Å²) in [6.07, 6.45) is 15.7. The number of amides is 2. The first-order valence-electron chi connectivity index (χ1n) is 14.1. The topological polar surface area (TPSA) is 112 Å². The third-order valence-electron chi connectivity index (χ3n) is 8.72. The fourth-order valence-corrected chi connectivity index (χ4v) is 7.69. The Bertz CT molecular complexity index is 1140. The fourth-order valence-electron chi connectivity index (χ4n) is 7.69. The molecular weight excluding hydrogens is 484 g/mol. The third-order valence-corrected chi connectivity index (χ3v) is 8.72. The highest BCUT2D eigenvalue weighted by Crippen LogP contribution is 2.55. The van der Waals surface area contributed by atoms with Crippen LogP contribution >= 0.6 is 0 Å². The van der Waals surface area contributed by atoms with E-state index in [-0.39, 0.29) is 35.5 Å². The first-order chi connectivity index (χ1) is 18.1. The molecule has 2 aromatic rings. The molecule has 0 radical (unpaired) electrons. The van der Waals surface area contributed by atoms with Crippen molar-refractivity contribution < 1.29 is 19.1 Å². The standard InChI is InChI=1S/C17H23N3O2.C11H17N3O2/c21-16(22-14-1-3-20-4-2-18-15(14)20)19-17-8-11-5-12(9-17)7-13(6-11)10-17;1-11(2,3)13-10(15)16-8-4-6-14-7-5-12-9(8)14/h2,4,11-14H,1,3,5-10H2,(H,19,21);5,7-8H,4,6H2,1-3H3,(H,13,15)/t11?,12?,13?,14-,17?;8-/m11/s1. The van der Waals surface area contributed by atoms with E-state index in [0.717, 1.165) is 74.6 Å². The summed E-state index contributed by atoms with van der Waals surface area (Å²) >= 11 is 0. The van der Waals surface area contributed by atoms with Crippen LogP contribution in [0.4, 0.5) is 9.59 Å². The number of aryl methyl sites for hydroxylation is 2. The van der Waals surface area contributed by atoms with Crippen molar-refractivity contribution in [1.82, 2.24) is 29.7 Å². The number of aromatic nitrogens is 4. The maximum Gasteiger partial charge on any atom is 0.408 e. The molecule has 2 aromatic heterocycles. The van der Waals surface area contributed by atoms with Crippen molar-refractivity contribution in [2.24, 2.45) is 17.8 Å². The summed E-state index contributed by atoms with van der Waals surface area (Å²) in [5, 5.41) is 6.05. The maximum atomic E-state index is 12.4. The molecule has 4 bridgehead atoms. The van der Waals surface area contributed by atoms with Crippen molar-refractivity contribution in [3.63, 3.8) is 0 Å². The van der Waals surface area contributed by atoms with Crippen LogP contribution in [0, 0.1) is 17.8 Å². The van der Waals surface area contributed by atoms with Crippen LogP contribution in [-0.2, 0) is 22.6 Å². The fraction of sp³-hybridized carbons (Fsp3) is 0.714. The van der Waals surface area contributed by atoms with Gasteiger partial charge in [-0.1, -0.05) is 0 Å². The van der Waals surface area contributed by atoms with Crippen molar-refractivity contribution in [2.45, 2.75) is 109 Å². The van der Waals surface area contributed by atoms with Gasteiger partial charge in [0.1, 0.15) is 11.6 Å². The number of hydrogen-bond acceptors (Lipinski definition) is 6. The Morgan fingerprint density at radius 3 is 1.79 bits per heavy atom. The van der Waals surface area contributed by atoms with Crippen LogP contribution in [-0.4, -0.2) is 42.4 Å². The molecule has 0 aromatic carbocycles. The summed E-state index contributed by atoms with van der Waals surface area (Å²) in [5.41, 5.74) is -0.245. The average molecular weight is 525 g/mol. The number of nitrogens with one attached hydrogen (secondary N) is 2. The van der Waals surface area contributed by atoms with Gasteiger partial charge in [0.25, 0.3) is 0 Å². The molecule has 0 spiro atoms. The number of carbonyl (C=O) groups is 2. The Balaban J connectivity index is 0.000000147. The largest absolute Gasteiger partial charge is 0.438 e. The zero-order valence-electron chi connectivity index (χ0n) is 22.7. The van der Waals surface area contributed by atoms with E-state index in [4.69, 9.17) is 9.47 Å². The number of nitrogens with zero attached hydrogens (tertiary/aromatic N) is 4. The lowest BCUT2D eigenvalue weighted by Crippen LogP contribution is -2.60. The van der Waals surface area contributed by atoms with Gasteiger partial charge in [0.15, 0.2) is 12.2 Å². The Hall–Kier alpha value is -3.04. The van der Waals surface area contributed by atoms with E-state index in [1.165, 1.54) is 19.3 Å². The molecule has 10 heteroatoms. The Kier molecular flexibility index (Phi) is 6.39. The quantitative estimate of drug-likeness (QED) is 0.592. The second-order valence-electron chi connectivity index (χ2n) is 13.0. The molecule has 38 heavy (non-hydrogen) atoms. The van der Waals surface area contributed by atoms with E-state index >= 15 is 0 Å². The highest BCUT2D eigenvalue weighted by Gasteiger charge is 2.52. The van der Waals surface area contributed by atoms with Gasteiger partial charge in [0.05, 0.1) is 0 Å². The monoisotopic (exact) mass is 524 g/mol. The normalized spacial score (nSPS) is 32.1. The van der Waals surface area contributed by atoms with Gasteiger partial charge >= 0.3 is 12.2 Å². The van der Waals surface area contributed by atoms with Crippen LogP contribution in [0.15, 0.2) is 24.8 Å². The number of carbonyl (C=O) groups excluding carboxylic acids is 2. The van der Waals surface area contributed by atoms with Crippen molar-refractivity contribution in [3.05, 3.63) is 36.4 Å². The first kappa shape index (κ1) is 25.2. The van der Waals surface area contributed by atoms with Gasteiger partial charge in [-0.2, -0.15) is 0 Å². The summed E-state index contributed by atoms with van der Waals surface area (Å²) in [4.78, 5) is 32.5. The van der Waals surface area contributed by atoms with Gasteiger partial charge in [-0.05, 0) is 77.0 Å². The SMILES string of the molecule is CC(C)(C)NC(=O)O[C@@H]1CCn2ccnc21.O=C(NC12CC3CC(CC(C3)C1)C2)O[C@@H]1CCn2ccnc21. The van der Waals surface area contributed by atoms with Crippen LogP contribution in [0.25, 0.3) is 0 Å². The summed E-state index contributed by atoms with van der Waals surface area (Å²) in [6, 6.07) is 0. The molecular formula is C28H40N6O4. The highest BCUT2D eigenvalue weighted by atomic mass is 16.6. The maximum absolute atomic E-state index is 12.4. The predicted molar refractivity (Wildman–Crippen MR) is 139 cm³/mol. The molecule has 4 fully saturated rings. The zero-order chi connectivity index (χ0) is 26.5. The molecule has 2 atom stereocenters. The van der Waals surface area contributed by atoms with Crippen molar-refractivity contribution >= 4 is 12.2 Å². The third kappa shape index (κ3) is 5.27. The van der Waals surface area contributed by atoms with Gasteiger partial charge in [-0.25, -0.2) is 19.6 Å². The lowest BCUT2D eigenvalue weighted by molar-refractivity contribution is -0.0222. The lowest BCUT2D eigenvalue weighted by atomic mass is 9.53. The van der Waals surface area contributed by atoms with Gasteiger partial charge in [0.2, 0.25) is 0 Å². The van der Waals surface area contributed by atoms with E-state index in [1.54, 1.807) is 12.4 Å². The lowest BCUT2D eigenvalue weighted by Gasteiger charge is -2.56. The molecule has 2 amide bonds. The summed E-state index contributed by atoms with van der Waals surface area (Å²) in [7, 11) is 0. The van der Waals surface area contributed by atoms with Gasteiger partial charge in [0, 0.05) is 61.8 Å². The van der Waals surface area contributed by atoms with Crippen molar-refractivity contribution in [3.8, 4) is 0 Å². The molecule has 0 unspecified atom stereocenters. The van der Waals surface area contributed by atoms with Gasteiger partial charge < -0.3 is 29.2 Å². The summed E-state index contributed by atoms with van der Waals surface area (Å²) < 4.78 is 15.1. The molecule has 2 N–H and O–H groups in total. The first-order valence-corrected chi connectivity index (χ1v) is 14.1. The summed E-state index contributed by atoms with van der Waals surface area (Å²) in [5.74, 6) is 4.22. The minimum atomic E-state index is -0.381. The average Bonchev–Trinajstić information content (AvgIpc) is 3.57. The molecule has 4 saturated carbocycles. The number of imidazole rings is 2. The van der Waals surface area contributed by atoms with E-state index in [2.05, 4.69) is 25.2 Å². The molecule has 4 heterocycles. The Morgan fingerprint density at radius 2 is 1.32 bits per heavy atom. The molecule has 6 aliphatic rings. The number of alkyl carbamates (subject to hydrolysis) is 2. The molecule has 206 valence electrons. The molecule has 2 aliphatic heterocycles. The number of hydrogen-bond donors (Lipinski definition) is 2. The number of ether oxygens (including phenoxy) is 2. The minimum Gasteiger partial charge on any atom is -0.438 e.